The Hall–Kier alpha value is -1.28. The molecule has 1 saturated heterocycles. The molecule has 1 spiro atoms. The Balaban J connectivity index is 1.30. The van der Waals surface area contributed by atoms with Gasteiger partial charge in [-0.1, -0.05) is 36.8 Å². The van der Waals surface area contributed by atoms with Crippen LogP contribution in [0.3, 0.4) is 0 Å². The molecule has 1 aromatic rings. The van der Waals surface area contributed by atoms with Crippen LogP contribution >= 0.6 is 0 Å². The van der Waals surface area contributed by atoms with Crippen LogP contribution in [0, 0.1) is 23.2 Å². The van der Waals surface area contributed by atoms with Crippen molar-refractivity contribution in [2.75, 3.05) is 33.0 Å². The van der Waals surface area contributed by atoms with Gasteiger partial charge in [0.1, 0.15) is 0 Å². The summed E-state index contributed by atoms with van der Waals surface area (Å²) in [6.45, 7) is 12.0. The molecule has 5 aliphatic carbocycles. The van der Waals surface area contributed by atoms with Gasteiger partial charge in [0, 0.05) is 49.6 Å². The van der Waals surface area contributed by atoms with E-state index in [2.05, 4.69) is 38.1 Å². The van der Waals surface area contributed by atoms with E-state index in [1.165, 1.54) is 29.6 Å². The van der Waals surface area contributed by atoms with Crippen molar-refractivity contribution in [3.05, 3.63) is 46.5 Å². The predicted octanol–water partition coefficient (Wildman–Crippen LogP) is 6.43. The van der Waals surface area contributed by atoms with E-state index in [0.29, 0.717) is 50.6 Å². The van der Waals surface area contributed by atoms with E-state index in [1.807, 2.05) is 13.8 Å². The van der Waals surface area contributed by atoms with Crippen LogP contribution < -0.4 is 0 Å². The number of allylic oxidation sites excluding steroid dienone is 1. The first-order chi connectivity index (χ1) is 19.3. The Morgan fingerprint density at radius 3 is 2.38 bits per heavy atom. The number of hydrogen-bond donors (Lipinski definition) is 1. The topological polar surface area (TPSA) is 66.4 Å². The van der Waals surface area contributed by atoms with Gasteiger partial charge < -0.3 is 28.8 Å². The second-order valence-corrected chi connectivity index (χ2v) is 13.5. The van der Waals surface area contributed by atoms with Crippen LogP contribution in [-0.2, 0) is 23.7 Å². The zero-order chi connectivity index (χ0) is 27.8. The molecule has 7 rings (SSSR count). The molecule has 220 valence electrons. The number of rotatable bonds is 8. The first kappa shape index (κ1) is 27.5. The first-order valence-electron chi connectivity index (χ1n) is 16.0. The van der Waals surface area contributed by atoms with E-state index >= 15 is 0 Å². The van der Waals surface area contributed by atoms with Crippen molar-refractivity contribution < 1.29 is 28.8 Å². The maximum atomic E-state index is 12.3. The summed E-state index contributed by atoms with van der Waals surface area (Å²) in [6.07, 6.45) is 7.32. The molecule has 0 aromatic heterocycles. The molecular weight excluding hydrogens is 504 g/mol. The number of fused-ring (bicyclic) bond motifs is 6. The molecule has 0 radical (unpaired) electrons. The van der Waals surface area contributed by atoms with Crippen LogP contribution in [0.15, 0.2) is 35.4 Å². The van der Waals surface area contributed by atoms with Gasteiger partial charge in [-0.05, 0) is 88.2 Å². The summed E-state index contributed by atoms with van der Waals surface area (Å²) in [6, 6.07) is 8.98. The van der Waals surface area contributed by atoms with Gasteiger partial charge in [-0.3, -0.25) is 0 Å². The Morgan fingerprint density at radius 2 is 1.70 bits per heavy atom. The quantitative estimate of drug-likeness (QED) is 0.296. The zero-order valence-electron chi connectivity index (χ0n) is 24.9. The first-order valence-corrected chi connectivity index (χ1v) is 16.0. The Kier molecular flexibility index (Phi) is 6.81. The highest BCUT2D eigenvalue weighted by Crippen LogP contribution is 2.77. The van der Waals surface area contributed by atoms with Crippen LogP contribution in [-0.4, -0.2) is 55.1 Å². The predicted molar refractivity (Wildman–Crippen MR) is 152 cm³/mol. The van der Waals surface area contributed by atoms with Crippen LogP contribution in [0.2, 0.25) is 0 Å². The van der Waals surface area contributed by atoms with Crippen LogP contribution in [0.25, 0.3) is 0 Å². The highest BCUT2D eigenvalue weighted by molar-refractivity contribution is 5.45. The molecule has 1 N–H and O–H groups in total. The smallest absolute Gasteiger partial charge is 0.183 e. The van der Waals surface area contributed by atoms with Gasteiger partial charge in [-0.25, -0.2) is 0 Å². The number of aliphatic hydroxyl groups is 1. The number of hydrogen-bond acceptors (Lipinski definition) is 6. The maximum Gasteiger partial charge on any atom is 0.183 e. The molecule has 5 fully saturated rings. The highest BCUT2D eigenvalue weighted by Gasteiger charge is 2.76. The minimum Gasteiger partial charge on any atom is -0.385 e. The van der Waals surface area contributed by atoms with Crippen molar-refractivity contribution in [2.45, 2.75) is 108 Å². The third kappa shape index (κ3) is 3.96. The molecule has 6 aliphatic rings. The molecule has 40 heavy (non-hydrogen) atoms. The molecule has 1 heterocycles. The second kappa shape index (κ2) is 9.89. The zero-order valence-corrected chi connectivity index (χ0v) is 24.9. The van der Waals surface area contributed by atoms with Crippen LogP contribution in [0.4, 0.5) is 0 Å². The molecule has 4 saturated carbocycles. The van der Waals surface area contributed by atoms with E-state index < -0.39 is 11.4 Å². The monoisotopic (exact) mass is 552 g/mol. The highest BCUT2D eigenvalue weighted by atomic mass is 16.7. The minimum absolute atomic E-state index is 0.0335. The van der Waals surface area contributed by atoms with Crippen molar-refractivity contribution >= 4 is 0 Å². The largest absolute Gasteiger partial charge is 0.385 e. The molecule has 0 bridgehead atoms. The van der Waals surface area contributed by atoms with Gasteiger partial charge in [0.05, 0.1) is 24.4 Å². The molecule has 1 aliphatic heterocycles. The summed E-state index contributed by atoms with van der Waals surface area (Å²) in [5, 5.41) is 12.3. The van der Waals surface area contributed by atoms with E-state index in [-0.39, 0.29) is 23.2 Å². The lowest BCUT2D eigenvalue weighted by atomic mass is 9.50. The summed E-state index contributed by atoms with van der Waals surface area (Å²) in [5.41, 5.74) is 4.59. The minimum atomic E-state index is -0.839. The summed E-state index contributed by atoms with van der Waals surface area (Å²) < 4.78 is 30.7. The van der Waals surface area contributed by atoms with Gasteiger partial charge in [-0.15, -0.1) is 0 Å². The average Bonchev–Trinajstić information content (AvgIpc) is 3.37. The van der Waals surface area contributed by atoms with Gasteiger partial charge in [0.15, 0.2) is 12.1 Å². The fourth-order valence-corrected chi connectivity index (χ4v) is 10.2. The summed E-state index contributed by atoms with van der Waals surface area (Å²) in [7, 11) is 0. The average molecular weight is 553 g/mol. The Labute approximate surface area is 239 Å². The van der Waals surface area contributed by atoms with Crippen molar-refractivity contribution in [1.82, 2.24) is 0 Å². The standard InChI is InChI=1S/C34H48O6/c1-5-36-30(37-6-2)23-10-8-22(9-11-23)26-20-31(4)28(18-24-19-34(24,31)38-7-3)25-12-14-32(35)21-33(39-16-17-40-33)15-13-27(32)29(25)26/h8-11,24-26,28,30,35H,5-7,12-21H2,1-4H3/t24-,25-,26+,28-,31-,32+,34-/m0/s1. The number of ether oxygens (including phenoxy) is 5. The summed E-state index contributed by atoms with van der Waals surface area (Å²) in [5.74, 6) is 1.48. The molecule has 0 amide bonds. The van der Waals surface area contributed by atoms with E-state index in [1.54, 1.807) is 0 Å². The van der Waals surface area contributed by atoms with Crippen LogP contribution in [0.5, 0.6) is 0 Å². The van der Waals surface area contributed by atoms with E-state index in [4.69, 9.17) is 23.7 Å². The lowest BCUT2D eigenvalue weighted by molar-refractivity contribution is -0.208. The molecule has 6 heteroatoms. The fraction of sp³-hybridized carbons (Fsp3) is 0.765. The number of benzene rings is 1. The molecular formula is C34H48O6. The molecule has 1 aromatic carbocycles. The van der Waals surface area contributed by atoms with Crippen molar-refractivity contribution in [3.8, 4) is 0 Å². The van der Waals surface area contributed by atoms with Gasteiger partial charge >= 0.3 is 0 Å². The Bertz CT molecular complexity index is 1130. The molecule has 6 nitrogen and oxygen atoms in total. The van der Waals surface area contributed by atoms with Gasteiger partial charge in [-0.2, -0.15) is 0 Å². The lowest BCUT2D eigenvalue weighted by Gasteiger charge is -2.57. The molecule has 7 atom stereocenters. The normalized spacial score (nSPS) is 41.1. The SMILES string of the molecule is CCOC(OCC)c1ccc([C@H]2C[C@@]3(C)[C@@H](C[C@H]4C[C@]43OCC)[C@@H]3CC[C@@]4(O)CC5(CCC4=C32)OCCO5)cc1. The van der Waals surface area contributed by atoms with Crippen molar-refractivity contribution in [1.29, 1.82) is 0 Å². The maximum absolute atomic E-state index is 12.3. The Morgan fingerprint density at radius 1 is 0.975 bits per heavy atom. The van der Waals surface area contributed by atoms with Crippen LogP contribution in [0.1, 0.15) is 102 Å². The second-order valence-electron chi connectivity index (χ2n) is 13.5. The summed E-state index contributed by atoms with van der Waals surface area (Å²) >= 11 is 0. The third-order valence-corrected chi connectivity index (χ3v) is 11.8. The van der Waals surface area contributed by atoms with Crippen molar-refractivity contribution in [2.24, 2.45) is 23.2 Å². The molecule has 0 unspecified atom stereocenters. The fourth-order valence-electron chi connectivity index (χ4n) is 10.2. The summed E-state index contributed by atoms with van der Waals surface area (Å²) in [4.78, 5) is 0. The van der Waals surface area contributed by atoms with Gasteiger partial charge in [0.2, 0.25) is 0 Å². The third-order valence-electron chi connectivity index (χ3n) is 11.8. The lowest BCUT2D eigenvalue weighted by Crippen LogP contribution is -2.54. The van der Waals surface area contributed by atoms with E-state index in [0.717, 1.165) is 44.3 Å². The van der Waals surface area contributed by atoms with Crippen molar-refractivity contribution in [3.63, 3.8) is 0 Å². The van der Waals surface area contributed by atoms with Gasteiger partial charge in [0.25, 0.3) is 0 Å². The van der Waals surface area contributed by atoms with E-state index in [9.17, 15) is 5.11 Å².